The number of aliphatic hydroxyl groups is 1. The molecule has 0 atom stereocenters. The van der Waals surface area contributed by atoms with Crippen molar-refractivity contribution in [2.24, 2.45) is 0 Å². The van der Waals surface area contributed by atoms with E-state index in [1.54, 1.807) is 4.90 Å². The van der Waals surface area contributed by atoms with E-state index in [1.807, 2.05) is 13.8 Å². The highest BCUT2D eigenvalue weighted by molar-refractivity contribution is 6.32. The maximum Gasteiger partial charge on any atom is 0.257 e. The fourth-order valence-electron chi connectivity index (χ4n) is 2.06. The Bertz CT molecular complexity index is 436. The first-order valence-electron chi connectivity index (χ1n) is 6.37. The second-order valence-electron chi connectivity index (χ2n) is 4.30. The number of nitrogen functional groups attached to an aromatic ring is 1. The van der Waals surface area contributed by atoms with Crippen LogP contribution >= 0.6 is 11.6 Å². The molecule has 0 spiro atoms. The summed E-state index contributed by atoms with van der Waals surface area (Å²) >= 11 is 5.95. The first-order chi connectivity index (χ1) is 9.04. The van der Waals surface area contributed by atoms with Gasteiger partial charge in [-0.2, -0.15) is 0 Å². The summed E-state index contributed by atoms with van der Waals surface area (Å²) in [5, 5.41) is 9.26. The standard InChI is InChI=1S/C13H20ClN3O2/c1-3-10(4-2)17(5-6-18)13(19)11-7-9(15)8-16-12(11)14/h7-8,10,18H,3-6,15H2,1-2H3. The number of carbonyl (C=O) groups is 1. The predicted octanol–water partition coefficient (Wildman–Crippen LogP) is 1.94. The minimum absolute atomic E-state index is 0.0668. The van der Waals surface area contributed by atoms with Gasteiger partial charge in [-0.15, -0.1) is 0 Å². The Morgan fingerprint density at radius 1 is 1.53 bits per heavy atom. The van der Waals surface area contributed by atoms with Gasteiger partial charge in [-0.1, -0.05) is 25.4 Å². The van der Waals surface area contributed by atoms with Gasteiger partial charge in [0, 0.05) is 12.6 Å². The Kier molecular flexibility index (Phi) is 6.05. The quantitative estimate of drug-likeness (QED) is 0.783. The third kappa shape index (κ3) is 3.81. The van der Waals surface area contributed by atoms with Crippen LogP contribution in [0.2, 0.25) is 5.15 Å². The Balaban J connectivity index is 3.08. The van der Waals surface area contributed by atoms with Crippen molar-refractivity contribution in [3.05, 3.63) is 23.0 Å². The molecule has 0 fully saturated rings. The molecule has 1 rings (SSSR count). The van der Waals surface area contributed by atoms with Crippen LogP contribution in [0.4, 0.5) is 5.69 Å². The van der Waals surface area contributed by atoms with Gasteiger partial charge in [-0.25, -0.2) is 4.98 Å². The van der Waals surface area contributed by atoms with Crippen LogP contribution < -0.4 is 5.73 Å². The number of nitrogens with two attached hydrogens (primary N) is 1. The van der Waals surface area contributed by atoms with Crippen LogP contribution in [0.5, 0.6) is 0 Å². The molecular formula is C13H20ClN3O2. The maximum atomic E-state index is 12.5. The number of rotatable bonds is 6. The summed E-state index contributed by atoms with van der Waals surface area (Å²) in [5.41, 5.74) is 6.31. The molecule has 6 heteroatoms. The maximum absolute atomic E-state index is 12.5. The van der Waals surface area contributed by atoms with E-state index in [9.17, 15) is 4.79 Å². The lowest BCUT2D eigenvalue weighted by molar-refractivity contribution is 0.0622. The van der Waals surface area contributed by atoms with Gasteiger partial charge in [0.15, 0.2) is 0 Å². The van der Waals surface area contributed by atoms with E-state index in [4.69, 9.17) is 22.4 Å². The topological polar surface area (TPSA) is 79.5 Å². The third-order valence-electron chi connectivity index (χ3n) is 3.08. The van der Waals surface area contributed by atoms with Crippen molar-refractivity contribution >= 4 is 23.2 Å². The molecule has 1 aromatic rings. The SMILES string of the molecule is CCC(CC)N(CCO)C(=O)c1cc(N)cnc1Cl. The molecule has 5 nitrogen and oxygen atoms in total. The van der Waals surface area contributed by atoms with E-state index in [1.165, 1.54) is 12.3 Å². The number of anilines is 1. The molecule has 1 amide bonds. The molecule has 0 aromatic carbocycles. The summed E-state index contributed by atoms with van der Waals surface area (Å²) in [5.74, 6) is -0.243. The van der Waals surface area contributed by atoms with E-state index >= 15 is 0 Å². The Morgan fingerprint density at radius 2 is 2.16 bits per heavy atom. The summed E-state index contributed by atoms with van der Waals surface area (Å²) < 4.78 is 0. The molecule has 1 aromatic heterocycles. The van der Waals surface area contributed by atoms with Crippen molar-refractivity contribution in [2.45, 2.75) is 32.7 Å². The summed E-state index contributed by atoms with van der Waals surface area (Å²) in [6.07, 6.45) is 3.04. The number of aromatic nitrogens is 1. The fraction of sp³-hybridized carbons (Fsp3) is 0.538. The van der Waals surface area contributed by atoms with Crippen molar-refractivity contribution in [2.75, 3.05) is 18.9 Å². The average Bonchev–Trinajstić information content (AvgIpc) is 2.41. The van der Waals surface area contributed by atoms with Crippen LogP contribution in [0.1, 0.15) is 37.0 Å². The third-order valence-corrected chi connectivity index (χ3v) is 3.38. The lowest BCUT2D eigenvalue weighted by atomic mass is 10.1. The van der Waals surface area contributed by atoms with Crippen LogP contribution in [0.3, 0.4) is 0 Å². The zero-order valence-corrected chi connectivity index (χ0v) is 12.0. The smallest absolute Gasteiger partial charge is 0.257 e. The van der Waals surface area contributed by atoms with Crippen LogP contribution in [-0.2, 0) is 0 Å². The molecule has 0 aliphatic carbocycles. The number of pyridine rings is 1. The zero-order chi connectivity index (χ0) is 14.4. The highest BCUT2D eigenvalue weighted by Gasteiger charge is 2.24. The van der Waals surface area contributed by atoms with E-state index in [0.717, 1.165) is 12.8 Å². The molecule has 3 N–H and O–H groups in total. The number of carbonyl (C=O) groups excluding carboxylic acids is 1. The second kappa shape index (κ2) is 7.31. The van der Waals surface area contributed by atoms with Crippen LogP contribution in [0.15, 0.2) is 12.3 Å². The van der Waals surface area contributed by atoms with E-state index in [-0.39, 0.29) is 35.8 Å². The first-order valence-corrected chi connectivity index (χ1v) is 6.75. The molecule has 0 radical (unpaired) electrons. The van der Waals surface area contributed by atoms with Gasteiger partial charge >= 0.3 is 0 Å². The highest BCUT2D eigenvalue weighted by atomic mass is 35.5. The molecule has 0 saturated carbocycles. The molecule has 0 aliphatic heterocycles. The van der Waals surface area contributed by atoms with Crippen molar-refractivity contribution < 1.29 is 9.90 Å². The monoisotopic (exact) mass is 285 g/mol. The highest BCUT2D eigenvalue weighted by Crippen LogP contribution is 2.20. The molecule has 1 heterocycles. The Hall–Kier alpha value is -1.33. The molecule has 19 heavy (non-hydrogen) atoms. The van der Waals surface area contributed by atoms with Crippen LogP contribution in [0.25, 0.3) is 0 Å². The van der Waals surface area contributed by atoms with E-state index < -0.39 is 0 Å². The number of aliphatic hydroxyl groups excluding tert-OH is 1. The number of halogens is 1. The Labute approximate surface area is 118 Å². The molecule has 0 bridgehead atoms. The minimum atomic E-state index is -0.243. The molecule has 106 valence electrons. The normalized spacial score (nSPS) is 10.8. The summed E-state index contributed by atoms with van der Waals surface area (Å²) in [6.45, 7) is 4.20. The summed E-state index contributed by atoms with van der Waals surface area (Å²) in [7, 11) is 0. The largest absolute Gasteiger partial charge is 0.397 e. The summed E-state index contributed by atoms with van der Waals surface area (Å²) in [6, 6.07) is 1.59. The molecule has 0 unspecified atom stereocenters. The van der Waals surface area contributed by atoms with Crippen molar-refractivity contribution in [1.29, 1.82) is 0 Å². The first kappa shape index (κ1) is 15.7. The number of nitrogens with zero attached hydrogens (tertiary/aromatic N) is 2. The number of hydrogen-bond donors (Lipinski definition) is 2. The van der Waals surface area contributed by atoms with Gasteiger partial charge in [0.1, 0.15) is 5.15 Å². The van der Waals surface area contributed by atoms with Gasteiger partial charge in [0.05, 0.1) is 24.1 Å². The van der Waals surface area contributed by atoms with Crippen LogP contribution in [0, 0.1) is 0 Å². The summed E-state index contributed by atoms with van der Waals surface area (Å²) in [4.78, 5) is 18.0. The van der Waals surface area contributed by atoms with Gasteiger partial charge in [0.2, 0.25) is 0 Å². The lowest BCUT2D eigenvalue weighted by Crippen LogP contribution is -2.41. The van der Waals surface area contributed by atoms with Gasteiger partial charge in [-0.05, 0) is 18.9 Å². The van der Waals surface area contributed by atoms with Crippen molar-refractivity contribution in [3.8, 4) is 0 Å². The predicted molar refractivity (Wildman–Crippen MR) is 76.2 cm³/mol. The minimum Gasteiger partial charge on any atom is -0.397 e. The molecular weight excluding hydrogens is 266 g/mol. The lowest BCUT2D eigenvalue weighted by Gasteiger charge is -2.30. The fourth-order valence-corrected chi connectivity index (χ4v) is 2.24. The average molecular weight is 286 g/mol. The number of hydrogen-bond acceptors (Lipinski definition) is 4. The van der Waals surface area contributed by atoms with Gasteiger partial charge in [0.25, 0.3) is 5.91 Å². The Morgan fingerprint density at radius 3 is 2.68 bits per heavy atom. The van der Waals surface area contributed by atoms with E-state index in [2.05, 4.69) is 4.98 Å². The van der Waals surface area contributed by atoms with E-state index in [0.29, 0.717) is 5.69 Å². The van der Waals surface area contributed by atoms with Gasteiger partial charge < -0.3 is 15.7 Å². The second-order valence-corrected chi connectivity index (χ2v) is 4.66. The van der Waals surface area contributed by atoms with Crippen molar-refractivity contribution in [1.82, 2.24) is 9.88 Å². The van der Waals surface area contributed by atoms with Crippen LogP contribution in [-0.4, -0.2) is 40.1 Å². The van der Waals surface area contributed by atoms with Gasteiger partial charge in [-0.3, -0.25) is 4.79 Å². The van der Waals surface area contributed by atoms with Crippen molar-refractivity contribution in [3.63, 3.8) is 0 Å². The molecule has 0 aliphatic rings. The number of amides is 1. The molecule has 0 saturated heterocycles. The zero-order valence-electron chi connectivity index (χ0n) is 11.3.